The van der Waals surface area contributed by atoms with Crippen LogP contribution in [0.4, 0.5) is 5.69 Å². The number of hydrogen-bond acceptors (Lipinski definition) is 6. The molecule has 6 heteroatoms. The first kappa shape index (κ1) is 25.7. The second-order valence-electron chi connectivity index (χ2n) is 7.19. The van der Waals surface area contributed by atoms with Crippen LogP contribution in [0.3, 0.4) is 0 Å². The highest BCUT2D eigenvalue weighted by Gasteiger charge is 2.10. The second-order valence-corrected chi connectivity index (χ2v) is 7.19. The van der Waals surface area contributed by atoms with Gasteiger partial charge in [-0.25, -0.2) is 4.79 Å². The predicted molar refractivity (Wildman–Crippen MR) is 121 cm³/mol. The fourth-order valence-electron chi connectivity index (χ4n) is 2.86. The topological polar surface area (TPSA) is 66.0 Å². The van der Waals surface area contributed by atoms with Gasteiger partial charge in [0.05, 0.1) is 32.1 Å². The highest BCUT2D eigenvalue weighted by atomic mass is 16.7. The number of allylic oxidation sites excluding steroid dienone is 2. The van der Waals surface area contributed by atoms with E-state index in [0.717, 1.165) is 31.4 Å². The van der Waals surface area contributed by atoms with Crippen molar-refractivity contribution in [3.05, 3.63) is 47.1 Å². The van der Waals surface area contributed by atoms with Crippen molar-refractivity contribution >= 4 is 11.7 Å². The van der Waals surface area contributed by atoms with Crippen molar-refractivity contribution in [2.24, 2.45) is 0 Å². The summed E-state index contributed by atoms with van der Waals surface area (Å²) in [5.41, 5.74) is 3.75. The lowest BCUT2D eigenvalue weighted by Crippen LogP contribution is -2.16. The third-order valence-corrected chi connectivity index (χ3v) is 4.68. The summed E-state index contributed by atoms with van der Waals surface area (Å²) in [6, 6.07) is 5.19. The summed E-state index contributed by atoms with van der Waals surface area (Å²) in [6.45, 7) is 7.56. The number of nitrogens with one attached hydrogen (secondary N) is 1. The number of rotatable bonds is 14. The van der Waals surface area contributed by atoms with Crippen molar-refractivity contribution in [3.63, 3.8) is 0 Å². The van der Waals surface area contributed by atoms with Crippen LogP contribution >= 0.6 is 0 Å². The molecule has 0 fully saturated rings. The summed E-state index contributed by atoms with van der Waals surface area (Å²) in [4.78, 5) is 11.7. The van der Waals surface area contributed by atoms with E-state index in [4.69, 9.17) is 18.9 Å². The molecule has 1 aromatic carbocycles. The summed E-state index contributed by atoms with van der Waals surface area (Å²) in [5, 5.41) is 3.31. The van der Waals surface area contributed by atoms with E-state index in [2.05, 4.69) is 38.2 Å². The van der Waals surface area contributed by atoms with Crippen molar-refractivity contribution in [2.45, 2.75) is 52.7 Å². The fourth-order valence-corrected chi connectivity index (χ4v) is 2.86. The molecule has 0 bridgehead atoms. The Kier molecular flexibility index (Phi) is 12.6. The molecule has 0 aliphatic heterocycles. The van der Waals surface area contributed by atoms with E-state index in [1.807, 2.05) is 0 Å². The number of hydrogen-bond donors (Lipinski definition) is 1. The van der Waals surface area contributed by atoms with Crippen LogP contribution < -0.4 is 10.1 Å². The molecule has 0 aliphatic carbocycles. The Balaban J connectivity index is 2.50. The first-order valence-electron chi connectivity index (χ1n) is 10.4. The smallest absolute Gasteiger partial charge is 0.337 e. The SMILES string of the molecule is CCCC(OC)OC/C(C)=C/CC/C(C)=C/CNc1cc(C(=O)OC)ccc1OC. The van der Waals surface area contributed by atoms with Crippen molar-refractivity contribution in [1.29, 1.82) is 0 Å². The lowest BCUT2D eigenvalue weighted by atomic mass is 10.1. The zero-order valence-corrected chi connectivity index (χ0v) is 19.2. The molecular weight excluding hydrogens is 382 g/mol. The van der Waals surface area contributed by atoms with Gasteiger partial charge in [-0.1, -0.05) is 36.6 Å². The summed E-state index contributed by atoms with van der Waals surface area (Å²) in [7, 11) is 4.66. The molecule has 1 N–H and O–H groups in total. The molecule has 6 nitrogen and oxygen atoms in total. The summed E-state index contributed by atoms with van der Waals surface area (Å²) in [6.07, 6.45) is 8.12. The van der Waals surface area contributed by atoms with E-state index in [0.29, 0.717) is 24.5 Å². The van der Waals surface area contributed by atoms with E-state index < -0.39 is 0 Å². The maximum absolute atomic E-state index is 11.7. The first-order chi connectivity index (χ1) is 14.4. The van der Waals surface area contributed by atoms with Crippen LogP contribution in [0.1, 0.15) is 56.8 Å². The third kappa shape index (κ3) is 9.46. The van der Waals surface area contributed by atoms with E-state index >= 15 is 0 Å². The van der Waals surface area contributed by atoms with E-state index in [1.54, 1.807) is 32.4 Å². The number of carbonyl (C=O) groups excluding carboxylic acids is 1. The molecule has 168 valence electrons. The zero-order valence-electron chi connectivity index (χ0n) is 19.2. The molecule has 0 aromatic heterocycles. The van der Waals surface area contributed by atoms with Crippen molar-refractivity contribution in [3.8, 4) is 5.75 Å². The fraction of sp³-hybridized carbons (Fsp3) is 0.542. The van der Waals surface area contributed by atoms with Crippen LogP contribution in [-0.2, 0) is 14.2 Å². The van der Waals surface area contributed by atoms with Crippen molar-refractivity contribution in [1.82, 2.24) is 0 Å². The summed E-state index contributed by atoms with van der Waals surface area (Å²) >= 11 is 0. The molecule has 0 amide bonds. The molecule has 0 spiro atoms. The molecule has 0 aliphatic rings. The van der Waals surface area contributed by atoms with Gasteiger partial charge in [-0.15, -0.1) is 0 Å². The average molecular weight is 420 g/mol. The minimum atomic E-state index is -0.370. The molecule has 0 saturated carbocycles. The van der Waals surface area contributed by atoms with Gasteiger partial charge < -0.3 is 24.3 Å². The van der Waals surface area contributed by atoms with Gasteiger partial charge in [-0.05, 0) is 51.3 Å². The van der Waals surface area contributed by atoms with Gasteiger partial charge in [-0.3, -0.25) is 0 Å². The lowest BCUT2D eigenvalue weighted by molar-refractivity contribution is -0.120. The highest BCUT2D eigenvalue weighted by molar-refractivity contribution is 5.91. The largest absolute Gasteiger partial charge is 0.495 e. The number of esters is 1. The molecule has 0 radical (unpaired) electrons. The Morgan fingerprint density at radius 1 is 1.13 bits per heavy atom. The quantitative estimate of drug-likeness (QED) is 0.249. The zero-order chi connectivity index (χ0) is 22.4. The highest BCUT2D eigenvalue weighted by Crippen LogP contribution is 2.25. The van der Waals surface area contributed by atoms with Crippen molar-refractivity contribution in [2.75, 3.05) is 39.8 Å². The Bertz CT molecular complexity index is 712. The van der Waals surface area contributed by atoms with E-state index in [9.17, 15) is 4.79 Å². The van der Waals surface area contributed by atoms with Crippen LogP contribution in [0.5, 0.6) is 5.75 Å². The summed E-state index contributed by atoms with van der Waals surface area (Å²) in [5.74, 6) is 0.315. The van der Waals surface area contributed by atoms with Crippen LogP contribution in [-0.4, -0.2) is 46.7 Å². The molecule has 1 aromatic rings. The predicted octanol–water partition coefficient (Wildman–Crippen LogP) is 5.36. The number of methoxy groups -OCH3 is 3. The first-order valence-corrected chi connectivity index (χ1v) is 10.4. The number of anilines is 1. The molecule has 1 rings (SSSR count). The third-order valence-electron chi connectivity index (χ3n) is 4.68. The standard InChI is InChI=1S/C24H37NO5/c1-7-9-23(28-5)30-17-19(3)11-8-10-18(2)14-15-25-21-16-20(24(26)29-6)12-13-22(21)27-4/h11-14,16,23,25H,7-10,15,17H2,1-6H3/b18-14+,19-11+. The molecule has 1 atom stereocenters. The average Bonchev–Trinajstić information content (AvgIpc) is 2.75. The lowest BCUT2D eigenvalue weighted by Gasteiger charge is -2.15. The second kappa shape index (κ2) is 14.6. The van der Waals surface area contributed by atoms with Gasteiger partial charge >= 0.3 is 5.97 Å². The normalized spacial score (nSPS) is 13.1. The van der Waals surface area contributed by atoms with Gasteiger partial charge in [0.15, 0.2) is 6.29 Å². The minimum absolute atomic E-state index is 0.124. The number of benzene rings is 1. The van der Waals surface area contributed by atoms with Crippen molar-refractivity contribution < 1.29 is 23.7 Å². The van der Waals surface area contributed by atoms with E-state index in [-0.39, 0.29) is 12.3 Å². The summed E-state index contributed by atoms with van der Waals surface area (Å²) < 4.78 is 21.2. The van der Waals surface area contributed by atoms with Crippen LogP contribution in [0.15, 0.2) is 41.5 Å². The Labute approximate surface area is 181 Å². The van der Waals surface area contributed by atoms with Gasteiger partial charge in [0.2, 0.25) is 0 Å². The number of ether oxygens (including phenoxy) is 4. The van der Waals surface area contributed by atoms with Crippen LogP contribution in [0, 0.1) is 0 Å². The van der Waals surface area contributed by atoms with E-state index in [1.165, 1.54) is 18.3 Å². The molecule has 0 heterocycles. The molecule has 1 unspecified atom stereocenters. The molecule has 30 heavy (non-hydrogen) atoms. The minimum Gasteiger partial charge on any atom is -0.495 e. The number of carbonyl (C=O) groups is 1. The Morgan fingerprint density at radius 2 is 1.90 bits per heavy atom. The van der Waals surface area contributed by atoms with Gasteiger partial charge in [0, 0.05) is 13.7 Å². The monoisotopic (exact) mass is 419 g/mol. The van der Waals surface area contributed by atoms with Gasteiger partial charge in [-0.2, -0.15) is 0 Å². The van der Waals surface area contributed by atoms with Crippen LogP contribution in [0.25, 0.3) is 0 Å². The van der Waals surface area contributed by atoms with Gasteiger partial charge in [0.1, 0.15) is 5.75 Å². The Hall–Kier alpha value is -2.31. The van der Waals surface area contributed by atoms with Crippen LogP contribution in [0.2, 0.25) is 0 Å². The Morgan fingerprint density at radius 3 is 2.53 bits per heavy atom. The maximum Gasteiger partial charge on any atom is 0.337 e. The van der Waals surface area contributed by atoms with Gasteiger partial charge in [0.25, 0.3) is 0 Å². The molecule has 0 saturated heterocycles. The molecular formula is C24H37NO5. The maximum atomic E-state index is 11.7.